The van der Waals surface area contributed by atoms with Gasteiger partial charge in [0.2, 0.25) is 0 Å². The topological polar surface area (TPSA) is 62.7 Å². The second-order valence-electron chi connectivity index (χ2n) is 6.40. The molecule has 1 saturated heterocycles. The molecule has 6 nitrogen and oxygen atoms in total. The van der Waals surface area contributed by atoms with Gasteiger partial charge < -0.3 is 14.5 Å². The van der Waals surface area contributed by atoms with Crippen LogP contribution >= 0.6 is 11.3 Å². The number of esters is 1. The van der Waals surface area contributed by atoms with Crippen LogP contribution in [0.3, 0.4) is 0 Å². The van der Waals surface area contributed by atoms with Crippen LogP contribution in [0.2, 0.25) is 0 Å². The minimum Gasteiger partial charge on any atom is -0.465 e. The minimum atomic E-state index is -0.529. The molecule has 0 N–H and O–H groups in total. The summed E-state index contributed by atoms with van der Waals surface area (Å²) in [4.78, 5) is 33.0. The summed E-state index contributed by atoms with van der Waals surface area (Å²) >= 11 is 1.44. The second-order valence-corrected chi connectivity index (χ2v) is 7.41. The molecule has 2 aromatic carbocycles. The van der Waals surface area contributed by atoms with E-state index in [1.807, 2.05) is 6.07 Å². The molecule has 1 amide bonds. The lowest BCUT2D eigenvalue weighted by atomic mass is 10.1. The van der Waals surface area contributed by atoms with Gasteiger partial charge >= 0.3 is 5.97 Å². The monoisotopic (exact) mass is 399 g/mol. The third-order valence-electron chi connectivity index (χ3n) is 4.76. The average Bonchev–Trinajstić information content (AvgIpc) is 3.18. The number of carbonyl (C=O) groups is 2. The van der Waals surface area contributed by atoms with Crippen molar-refractivity contribution in [3.63, 3.8) is 0 Å². The number of methoxy groups -OCH3 is 1. The third kappa shape index (κ3) is 3.31. The van der Waals surface area contributed by atoms with Gasteiger partial charge in [0, 0.05) is 26.2 Å². The first-order chi connectivity index (χ1) is 13.6. The second kappa shape index (κ2) is 7.55. The Balaban J connectivity index is 1.49. The van der Waals surface area contributed by atoms with Crippen molar-refractivity contribution in [3.8, 4) is 0 Å². The Morgan fingerprint density at radius 1 is 1.04 bits per heavy atom. The Labute approximate surface area is 165 Å². The molecular weight excluding hydrogens is 381 g/mol. The zero-order chi connectivity index (χ0) is 19.7. The van der Waals surface area contributed by atoms with E-state index in [9.17, 15) is 14.0 Å². The van der Waals surface area contributed by atoms with Crippen LogP contribution < -0.4 is 4.90 Å². The lowest BCUT2D eigenvalue weighted by Gasteiger charge is -2.34. The number of benzene rings is 2. The van der Waals surface area contributed by atoms with Gasteiger partial charge in [-0.25, -0.2) is 14.2 Å². The number of fused-ring (bicyclic) bond motifs is 1. The Hall–Kier alpha value is -3.00. The summed E-state index contributed by atoms with van der Waals surface area (Å²) in [5, 5.41) is 0.752. The number of nitrogens with zero attached hydrogens (tertiary/aromatic N) is 3. The highest BCUT2D eigenvalue weighted by Crippen LogP contribution is 2.30. The maximum Gasteiger partial charge on any atom is 0.338 e. The number of piperazine rings is 1. The predicted octanol–water partition coefficient (Wildman–Crippen LogP) is 3.18. The number of carbonyl (C=O) groups excluding carboxylic acids is 2. The van der Waals surface area contributed by atoms with Gasteiger partial charge in [0.25, 0.3) is 5.91 Å². The Morgan fingerprint density at radius 2 is 1.75 bits per heavy atom. The van der Waals surface area contributed by atoms with Crippen LogP contribution in [0.5, 0.6) is 0 Å². The number of para-hydroxylation sites is 1. The van der Waals surface area contributed by atoms with Crippen LogP contribution in [0.25, 0.3) is 10.2 Å². The van der Waals surface area contributed by atoms with E-state index >= 15 is 0 Å². The minimum absolute atomic E-state index is 0.198. The van der Waals surface area contributed by atoms with Gasteiger partial charge in [0.05, 0.1) is 22.9 Å². The highest BCUT2D eigenvalue weighted by molar-refractivity contribution is 7.22. The molecule has 3 aromatic rings. The Bertz CT molecular complexity index is 1040. The van der Waals surface area contributed by atoms with Gasteiger partial charge in [-0.2, -0.15) is 0 Å². The fourth-order valence-electron chi connectivity index (χ4n) is 3.27. The lowest BCUT2D eigenvalue weighted by Crippen LogP contribution is -2.49. The zero-order valence-corrected chi connectivity index (χ0v) is 16.0. The van der Waals surface area contributed by atoms with Crippen molar-refractivity contribution in [1.82, 2.24) is 9.88 Å². The standard InChI is InChI=1S/C20H18FN3O3S/c1-27-19(26)14-6-3-2-5-13(14)18(25)23-9-11-24(12-10-23)20-22-17-15(21)7-4-8-16(17)28-20/h2-8H,9-12H2,1H3. The van der Waals surface area contributed by atoms with Gasteiger partial charge in [-0.3, -0.25) is 4.79 Å². The van der Waals surface area contributed by atoms with Crippen molar-refractivity contribution >= 4 is 38.6 Å². The highest BCUT2D eigenvalue weighted by atomic mass is 32.1. The van der Waals surface area contributed by atoms with E-state index < -0.39 is 5.97 Å². The van der Waals surface area contributed by atoms with Crippen molar-refractivity contribution < 1.29 is 18.7 Å². The molecule has 0 saturated carbocycles. The number of aromatic nitrogens is 1. The third-order valence-corrected chi connectivity index (χ3v) is 5.84. The predicted molar refractivity (Wildman–Crippen MR) is 105 cm³/mol. The first-order valence-electron chi connectivity index (χ1n) is 8.85. The van der Waals surface area contributed by atoms with Crippen molar-refractivity contribution in [2.45, 2.75) is 0 Å². The molecule has 0 spiro atoms. The van der Waals surface area contributed by atoms with E-state index in [0.29, 0.717) is 37.3 Å². The number of thiazole rings is 1. The first kappa shape index (κ1) is 18.4. The molecule has 8 heteroatoms. The average molecular weight is 399 g/mol. The summed E-state index contributed by atoms with van der Waals surface area (Å²) in [7, 11) is 1.29. The number of hydrogen-bond acceptors (Lipinski definition) is 6. The first-order valence-corrected chi connectivity index (χ1v) is 9.67. The van der Waals surface area contributed by atoms with Gasteiger partial charge in [-0.15, -0.1) is 0 Å². The number of anilines is 1. The molecule has 2 heterocycles. The molecule has 0 atom stereocenters. The molecule has 0 aliphatic carbocycles. The normalized spacial score (nSPS) is 14.4. The molecule has 0 unspecified atom stereocenters. The number of ether oxygens (including phenoxy) is 1. The van der Waals surface area contributed by atoms with E-state index in [1.54, 1.807) is 35.2 Å². The largest absolute Gasteiger partial charge is 0.465 e. The Kier molecular flexibility index (Phi) is 4.95. The van der Waals surface area contributed by atoms with Gasteiger partial charge in [-0.1, -0.05) is 29.5 Å². The summed E-state index contributed by atoms with van der Waals surface area (Å²) < 4.78 is 19.5. The van der Waals surface area contributed by atoms with Crippen molar-refractivity contribution in [1.29, 1.82) is 0 Å². The molecule has 0 bridgehead atoms. The Morgan fingerprint density at radius 3 is 2.43 bits per heavy atom. The molecular formula is C20H18FN3O3S. The molecule has 4 rings (SSSR count). The van der Waals surface area contributed by atoms with E-state index in [2.05, 4.69) is 9.88 Å². The molecule has 1 aliphatic heterocycles. The summed E-state index contributed by atoms with van der Waals surface area (Å²) in [6.07, 6.45) is 0. The highest BCUT2D eigenvalue weighted by Gasteiger charge is 2.27. The zero-order valence-electron chi connectivity index (χ0n) is 15.2. The van der Waals surface area contributed by atoms with Crippen LogP contribution in [0, 0.1) is 5.82 Å². The number of halogens is 1. The van der Waals surface area contributed by atoms with Crippen LogP contribution in [-0.2, 0) is 4.74 Å². The van der Waals surface area contributed by atoms with E-state index in [-0.39, 0.29) is 17.3 Å². The van der Waals surface area contributed by atoms with Crippen LogP contribution in [0.1, 0.15) is 20.7 Å². The van der Waals surface area contributed by atoms with Crippen LogP contribution in [0.15, 0.2) is 42.5 Å². The van der Waals surface area contributed by atoms with Crippen molar-refractivity contribution in [2.75, 3.05) is 38.2 Å². The molecule has 1 aliphatic rings. The van der Waals surface area contributed by atoms with Crippen molar-refractivity contribution in [3.05, 3.63) is 59.4 Å². The quantitative estimate of drug-likeness (QED) is 0.633. The number of hydrogen-bond donors (Lipinski definition) is 0. The SMILES string of the molecule is COC(=O)c1ccccc1C(=O)N1CCN(c2nc3c(F)cccc3s2)CC1. The maximum absolute atomic E-state index is 13.9. The summed E-state index contributed by atoms with van der Waals surface area (Å²) in [6.45, 7) is 2.17. The summed E-state index contributed by atoms with van der Waals surface area (Å²) in [5.41, 5.74) is 0.983. The van der Waals surface area contributed by atoms with E-state index in [1.165, 1.54) is 24.5 Å². The lowest BCUT2D eigenvalue weighted by molar-refractivity contribution is 0.0589. The van der Waals surface area contributed by atoms with Crippen molar-refractivity contribution in [2.24, 2.45) is 0 Å². The molecule has 1 fully saturated rings. The molecule has 28 heavy (non-hydrogen) atoms. The van der Waals surface area contributed by atoms with Gasteiger partial charge in [0.1, 0.15) is 11.3 Å². The van der Waals surface area contributed by atoms with Gasteiger partial charge in [0.15, 0.2) is 5.13 Å². The number of amides is 1. The smallest absolute Gasteiger partial charge is 0.338 e. The van der Waals surface area contributed by atoms with Crippen LogP contribution in [-0.4, -0.2) is 55.0 Å². The van der Waals surface area contributed by atoms with E-state index in [0.717, 1.165) is 9.83 Å². The van der Waals surface area contributed by atoms with Gasteiger partial charge in [-0.05, 0) is 24.3 Å². The fraction of sp³-hybridized carbons (Fsp3) is 0.250. The fourth-order valence-corrected chi connectivity index (χ4v) is 4.30. The molecule has 1 aromatic heterocycles. The maximum atomic E-state index is 13.9. The van der Waals surface area contributed by atoms with E-state index in [4.69, 9.17) is 4.74 Å². The summed E-state index contributed by atoms with van der Waals surface area (Å²) in [6, 6.07) is 11.6. The van der Waals surface area contributed by atoms with Crippen LogP contribution in [0.4, 0.5) is 9.52 Å². The summed E-state index contributed by atoms with van der Waals surface area (Å²) in [5.74, 6) is -1.05. The molecule has 0 radical (unpaired) electrons. The molecule has 144 valence electrons. The number of rotatable bonds is 3.